The van der Waals surface area contributed by atoms with Crippen molar-refractivity contribution in [1.29, 1.82) is 0 Å². The highest BCUT2D eigenvalue weighted by Gasteiger charge is 2.36. The predicted octanol–water partition coefficient (Wildman–Crippen LogP) is 4.33. The van der Waals surface area contributed by atoms with Crippen molar-refractivity contribution in [3.63, 3.8) is 0 Å². The maximum atomic E-state index is 14.5. The number of aromatic amines is 1. The topological polar surface area (TPSA) is 82.9 Å². The minimum absolute atomic E-state index is 0.150. The lowest BCUT2D eigenvalue weighted by atomic mass is 9.97. The van der Waals surface area contributed by atoms with Crippen LogP contribution < -0.4 is 10.5 Å². The van der Waals surface area contributed by atoms with Gasteiger partial charge in [0.2, 0.25) is 0 Å². The van der Waals surface area contributed by atoms with Crippen LogP contribution in [0.4, 0.5) is 10.1 Å². The van der Waals surface area contributed by atoms with Gasteiger partial charge < -0.3 is 9.88 Å². The highest BCUT2D eigenvalue weighted by atomic mass is 19.1. The average Bonchev–Trinajstić information content (AvgIpc) is 3.36. The van der Waals surface area contributed by atoms with Crippen molar-refractivity contribution in [2.75, 3.05) is 31.1 Å². The molecule has 4 aromatic rings. The van der Waals surface area contributed by atoms with Crippen molar-refractivity contribution in [3.05, 3.63) is 81.2 Å². The predicted molar refractivity (Wildman–Crippen MR) is 144 cm³/mol. The van der Waals surface area contributed by atoms with Gasteiger partial charge in [-0.1, -0.05) is 25.1 Å². The third-order valence-corrected chi connectivity index (χ3v) is 7.69. The zero-order valence-corrected chi connectivity index (χ0v) is 22.1. The number of aromatic nitrogens is 5. The Morgan fingerprint density at radius 1 is 1.08 bits per heavy atom. The fourth-order valence-electron chi connectivity index (χ4n) is 5.27. The summed E-state index contributed by atoms with van der Waals surface area (Å²) in [5.74, 6) is 0.415. The van der Waals surface area contributed by atoms with Crippen LogP contribution in [0.2, 0.25) is 0 Å². The average molecular weight is 504 g/mol. The van der Waals surface area contributed by atoms with Gasteiger partial charge in [0.15, 0.2) is 5.82 Å². The molecule has 1 unspecified atom stereocenters. The number of tetrazole rings is 1. The smallest absolute Gasteiger partial charge is 0.253 e. The number of aryl methyl sites for hydroxylation is 2. The lowest BCUT2D eigenvalue weighted by molar-refractivity contribution is 0.186. The van der Waals surface area contributed by atoms with E-state index in [4.69, 9.17) is 0 Å². The first-order chi connectivity index (χ1) is 17.7. The molecule has 1 fully saturated rings. The molecule has 37 heavy (non-hydrogen) atoms. The van der Waals surface area contributed by atoms with Gasteiger partial charge in [-0.05, 0) is 79.9 Å². The van der Waals surface area contributed by atoms with Crippen molar-refractivity contribution in [2.24, 2.45) is 0 Å². The second-order valence-corrected chi connectivity index (χ2v) is 10.6. The second-order valence-electron chi connectivity index (χ2n) is 10.6. The summed E-state index contributed by atoms with van der Waals surface area (Å²) in [7, 11) is 0. The van der Waals surface area contributed by atoms with Gasteiger partial charge in [-0.25, -0.2) is 9.07 Å². The van der Waals surface area contributed by atoms with Crippen LogP contribution in [0, 0.1) is 19.7 Å². The molecule has 9 heteroatoms. The van der Waals surface area contributed by atoms with Crippen LogP contribution in [-0.4, -0.2) is 56.3 Å². The van der Waals surface area contributed by atoms with Crippen molar-refractivity contribution in [3.8, 4) is 0 Å². The molecule has 0 bridgehead atoms. The van der Waals surface area contributed by atoms with E-state index in [0.29, 0.717) is 43.3 Å². The number of pyridine rings is 1. The van der Waals surface area contributed by atoms with Gasteiger partial charge in [-0.3, -0.25) is 9.69 Å². The van der Waals surface area contributed by atoms with E-state index in [0.717, 1.165) is 28.5 Å². The molecule has 2 aromatic heterocycles. The summed E-state index contributed by atoms with van der Waals surface area (Å²) in [5, 5.41) is 13.9. The maximum absolute atomic E-state index is 14.5. The highest BCUT2D eigenvalue weighted by Crippen LogP contribution is 2.32. The Hall–Kier alpha value is -3.59. The number of rotatable bonds is 6. The maximum Gasteiger partial charge on any atom is 0.253 e. The number of anilines is 1. The number of piperazine rings is 1. The molecule has 1 aliphatic rings. The van der Waals surface area contributed by atoms with Gasteiger partial charge in [0.1, 0.15) is 11.9 Å². The van der Waals surface area contributed by atoms with Crippen LogP contribution in [0.1, 0.15) is 55.7 Å². The summed E-state index contributed by atoms with van der Waals surface area (Å²) >= 11 is 0. The lowest BCUT2D eigenvalue weighted by Gasteiger charge is -2.40. The largest absolute Gasteiger partial charge is 0.367 e. The van der Waals surface area contributed by atoms with E-state index in [1.165, 1.54) is 6.07 Å². The minimum atomic E-state index is -0.447. The Morgan fingerprint density at radius 3 is 2.51 bits per heavy atom. The van der Waals surface area contributed by atoms with E-state index < -0.39 is 6.04 Å². The standard InChI is InChI=1S/C28H34FN7O/c1-6-28(4,5)36-26(31-32-33-36)25(21-17-20-19(3)15-18(2)16-23(20)30-27(21)37)35-13-11-34(12-14-35)24-10-8-7-9-22(24)29/h7-10,15-17,25H,6,11-14H2,1-5H3,(H,30,37). The SMILES string of the molecule is CCC(C)(C)n1nnnc1C(c1cc2c(C)cc(C)cc2[nH]c1=O)N1CCN(c2ccccc2F)CC1. The van der Waals surface area contributed by atoms with Crippen molar-refractivity contribution < 1.29 is 4.39 Å². The summed E-state index contributed by atoms with van der Waals surface area (Å²) in [5.41, 5.74) is 3.76. The van der Waals surface area contributed by atoms with Crippen LogP contribution in [0.25, 0.3) is 10.9 Å². The Bertz CT molecular complexity index is 1480. The molecule has 3 heterocycles. The Kier molecular flexibility index (Phi) is 6.58. The van der Waals surface area contributed by atoms with Crippen LogP contribution in [0.15, 0.2) is 47.3 Å². The summed E-state index contributed by atoms with van der Waals surface area (Å²) in [6.07, 6.45) is 0.825. The fraction of sp³-hybridized carbons (Fsp3) is 0.429. The van der Waals surface area contributed by atoms with Crippen molar-refractivity contribution in [1.82, 2.24) is 30.1 Å². The number of halogens is 1. The lowest BCUT2D eigenvalue weighted by Crippen LogP contribution is -2.50. The molecule has 0 spiro atoms. The van der Waals surface area contributed by atoms with Gasteiger partial charge >= 0.3 is 0 Å². The number of hydrogen-bond donors (Lipinski definition) is 1. The molecule has 1 saturated heterocycles. The molecule has 0 aliphatic carbocycles. The molecule has 2 aromatic carbocycles. The molecule has 1 atom stereocenters. The first kappa shape index (κ1) is 25.1. The van der Waals surface area contributed by atoms with Gasteiger partial charge in [0.05, 0.1) is 11.2 Å². The highest BCUT2D eigenvalue weighted by molar-refractivity contribution is 5.83. The van der Waals surface area contributed by atoms with Gasteiger partial charge in [-0.2, -0.15) is 0 Å². The van der Waals surface area contributed by atoms with E-state index in [-0.39, 0.29) is 16.9 Å². The number of hydrogen-bond acceptors (Lipinski definition) is 6. The normalized spacial score (nSPS) is 15.9. The molecule has 194 valence electrons. The van der Waals surface area contributed by atoms with E-state index >= 15 is 0 Å². The van der Waals surface area contributed by atoms with Gasteiger partial charge in [0.25, 0.3) is 5.56 Å². The molecular formula is C28H34FN7O. The van der Waals surface area contributed by atoms with E-state index in [9.17, 15) is 9.18 Å². The van der Waals surface area contributed by atoms with Crippen LogP contribution >= 0.6 is 0 Å². The van der Waals surface area contributed by atoms with Crippen molar-refractivity contribution >= 4 is 16.6 Å². The summed E-state index contributed by atoms with van der Waals surface area (Å²) in [6, 6.07) is 12.5. The monoisotopic (exact) mass is 503 g/mol. The Balaban J connectivity index is 1.60. The number of fused-ring (bicyclic) bond motifs is 1. The summed E-state index contributed by atoms with van der Waals surface area (Å²) in [6.45, 7) is 12.9. The fourth-order valence-corrected chi connectivity index (χ4v) is 5.27. The zero-order chi connectivity index (χ0) is 26.3. The third kappa shape index (κ3) is 4.64. The minimum Gasteiger partial charge on any atom is -0.367 e. The molecule has 5 rings (SSSR count). The molecular weight excluding hydrogens is 469 g/mol. The Labute approximate surface area is 216 Å². The molecule has 8 nitrogen and oxygen atoms in total. The van der Waals surface area contributed by atoms with Crippen LogP contribution in [-0.2, 0) is 5.54 Å². The second kappa shape index (κ2) is 9.70. The van der Waals surface area contributed by atoms with Gasteiger partial charge in [0, 0.05) is 42.6 Å². The third-order valence-electron chi connectivity index (χ3n) is 7.69. The zero-order valence-electron chi connectivity index (χ0n) is 22.1. The molecule has 1 N–H and O–H groups in total. The molecule has 1 aliphatic heterocycles. The van der Waals surface area contributed by atoms with E-state index in [2.05, 4.69) is 64.1 Å². The quantitative estimate of drug-likeness (QED) is 0.422. The number of H-pyrrole nitrogens is 1. The van der Waals surface area contributed by atoms with E-state index in [1.807, 2.05) is 35.9 Å². The van der Waals surface area contributed by atoms with Gasteiger partial charge in [-0.15, -0.1) is 5.10 Å². The summed E-state index contributed by atoms with van der Waals surface area (Å²) < 4.78 is 16.3. The number of para-hydroxylation sites is 1. The number of nitrogens with zero attached hydrogens (tertiary/aromatic N) is 6. The molecule has 0 amide bonds. The van der Waals surface area contributed by atoms with Crippen LogP contribution in [0.5, 0.6) is 0 Å². The Morgan fingerprint density at radius 2 is 1.81 bits per heavy atom. The molecule has 0 saturated carbocycles. The number of benzene rings is 2. The molecule has 0 radical (unpaired) electrons. The van der Waals surface area contributed by atoms with Crippen molar-refractivity contribution in [2.45, 2.75) is 52.6 Å². The van der Waals surface area contributed by atoms with E-state index in [1.54, 1.807) is 6.07 Å². The number of nitrogens with one attached hydrogen (secondary N) is 1. The summed E-state index contributed by atoms with van der Waals surface area (Å²) in [4.78, 5) is 21.0. The van der Waals surface area contributed by atoms with Crippen LogP contribution in [0.3, 0.4) is 0 Å². The first-order valence-electron chi connectivity index (χ1n) is 12.9. The first-order valence-corrected chi connectivity index (χ1v) is 12.9.